The van der Waals surface area contributed by atoms with Gasteiger partial charge in [-0.05, 0) is 60.2 Å². The van der Waals surface area contributed by atoms with Crippen molar-refractivity contribution >= 4 is 0 Å². The van der Waals surface area contributed by atoms with E-state index < -0.39 is 0 Å². The molecule has 2 rings (SSSR count). The molecule has 0 radical (unpaired) electrons. The van der Waals surface area contributed by atoms with Gasteiger partial charge in [-0.1, -0.05) is 41.5 Å². The lowest BCUT2D eigenvalue weighted by Gasteiger charge is -2.40. The monoisotopic (exact) mass is 222 g/mol. The summed E-state index contributed by atoms with van der Waals surface area (Å²) < 4.78 is 0. The van der Waals surface area contributed by atoms with E-state index in [0.29, 0.717) is 5.41 Å². The third-order valence-corrected chi connectivity index (χ3v) is 5.96. The van der Waals surface area contributed by atoms with Gasteiger partial charge < -0.3 is 0 Å². The van der Waals surface area contributed by atoms with E-state index in [0.717, 1.165) is 35.5 Å². The molecule has 0 aromatic rings. The topological polar surface area (TPSA) is 0 Å². The fraction of sp³-hybridized carbons (Fsp3) is 1.00. The molecule has 0 heterocycles. The standard InChI is InChI=1S/C16H30/c1-10(2)13-7-16(12(5)6)8-14(11(3)4)15(13)9-16/h10-15H,7-9H2,1-6H3. The zero-order valence-corrected chi connectivity index (χ0v) is 12.1. The Bertz CT molecular complexity index is 231. The first-order valence-electron chi connectivity index (χ1n) is 7.37. The highest BCUT2D eigenvalue weighted by Gasteiger charge is 2.57. The fourth-order valence-electron chi connectivity index (χ4n) is 4.75. The van der Waals surface area contributed by atoms with Gasteiger partial charge in [-0.25, -0.2) is 0 Å². The van der Waals surface area contributed by atoms with E-state index in [9.17, 15) is 0 Å². The van der Waals surface area contributed by atoms with E-state index in [2.05, 4.69) is 41.5 Å². The molecule has 0 amide bonds. The smallest absolute Gasteiger partial charge is 0.0266 e. The Balaban J connectivity index is 2.22. The average Bonchev–Trinajstić information content (AvgIpc) is 2.72. The van der Waals surface area contributed by atoms with Crippen molar-refractivity contribution in [3.8, 4) is 0 Å². The van der Waals surface area contributed by atoms with Crippen LogP contribution in [-0.4, -0.2) is 0 Å². The third kappa shape index (κ3) is 1.73. The maximum atomic E-state index is 2.46. The third-order valence-electron chi connectivity index (χ3n) is 5.96. The van der Waals surface area contributed by atoms with Crippen LogP contribution in [0.5, 0.6) is 0 Å². The second-order valence-electron chi connectivity index (χ2n) is 7.61. The molecule has 0 spiro atoms. The largest absolute Gasteiger partial charge is 0.0625 e. The molecule has 94 valence electrons. The minimum Gasteiger partial charge on any atom is -0.0625 e. The van der Waals surface area contributed by atoms with Crippen LogP contribution in [0.1, 0.15) is 60.8 Å². The number of hydrogen-bond acceptors (Lipinski definition) is 0. The van der Waals surface area contributed by atoms with Crippen LogP contribution in [-0.2, 0) is 0 Å². The summed E-state index contributed by atoms with van der Waals surface area (Å²) in [5.41, 5.74) is 0.717. The lowest BCUT2D eigenvalue weighted by Crippen LogP contribution is -2.32. The Labute approximate surface area is 102 Å². The van der Waals surface area contributed by atoms with Gasteiger partial charge in [0, 0.05) is 0 Å². The highest BCUT2D eigenvalue weighted by molar-refractivity contribution is 5.06. The number of hydrogen-bond donors (Lipinski definition) is 0. The molecule has 0 nitrogen and oxygen atoms in total. The van der Waals surface area contributed by atoms with Gasteiger partial charge in [0.15, 0.2) is 0 Å². The van der Waals surface area contributed by atoms with Crippen molar-refractivity contribution in [3.05, 3.63) is 0 Å². The van der Waals surface area contributed by atoms with E-state index in [-0.39, 0.29) is 0 Å². The summed E-state index contributed by atoms with van der Waals surface area (Å²) in [5.74, 6) is 5.76. The van der Waals surface area contributed by atoms with Crippen LogP contribution in [0.15, 0.2) is 0 Å². The van der Waals surface area contributed by atoms with E-state index in [1.54, 1.807) is 0 Å². The molecule has 2 aliphatic carbocycles. The van der Waals surface area contributed by atoms with Gasteiger partial charge in [0.2, 0.25) is 0 Å². The van der Waals surface area contributed by atoms with Crippen molar-refractivity contribution in [2.75, 3.05) is 0 Å². The molecule has 2 fully saturated rings. The molecule has 2 bridgehead atoms. The van der Waals surface area contributed by atoms with Gasteiger partial charge in [0.05, 0.1) is 0 Å². The quantitative estimate of drug-likeness (QED) is 0.631. The summed E-state index contributed by atoms with van der Waals surface area (Å²) >= 11 is 0. The van der Waals surface area contributed by atoms with Gasteiger partial charge in [-0.2, -0.15) is 0 Å². The van der Waals surface area contributed by atoms with Crippen LogP contribution in [0, 0.1) is 40.9 Å². The van der Waals surface area contributed by atoms with Crippen LogP contribution in [0.3, 0.4) is 0 Å². The highest BCUT2D eigenvalue weighted by Crippen LogP contribution is 2.65. The van der Waals surface area contributed by atoms with Gasteiger partial charge in [-0.15, -0.1) is 0 Å². The van der Waals surface area contributed by atoms with Crippen molar-refractivity contribution in [2.45, 2.75) is 60.8 Å². The SMILES string of the molecule is CC(C)C1CC2(C(C)C)CC(C(C)C)C1C2. The van der Waals surface area contributed by atoms with Gasteiger partial charge in [0.25, 0.3) is 0 Å². The van der Waals surface area contributed by atoms with Crippen molar-refractivity contribution in [2.24, 2.45) is 40.9 Å². The first kappa shape index (κ1) is 12.5. The Kier molecular flexibility index (Phi) is 3.14. The van der Waals surface area contributed by atoms with E-state index >= 15 is 0 Å². The predicted octanol–water partition coefficient (Wildman–Crippen LogP) is 4.99. The molecular weight excluding hydrogens is 192 g/mol. The summed E-state index contributed by atoms with van der Waals surface area (Å²) in [6.45, 7) is 14.7. The zero-order chi connectivity index (χ0) is 12.1. The molecule has 0 N–H and O–H groups in total. The minimum absolute atomic E-state index is 0.717. The Morgan fingerprint density at radius 1 is 0.750 bits per heavy atom. The second kappa shape index (κ2) is 4.03. The van der Waals surface area contributed by atoms with E-state index in [1.165, 1.54) is 19.3 Å². The van der Waals surface area contributed by atoms with Gasteiger partial charge >= 0.3 is 0 Å². The molecule has 0 saturated heterocycles. The molecule has 0 aromatic heterocycles. The Hall–Kier alpha value is 0. The molecular formula is C16H30. The summed E-state index contributed by atoms with van der Waals surface area (Å²) in [6.07, 6.45) is 4.59. The summed E-state index contributed by atoms with van der Waals surface area (Å²) in [6, 6.07) is 0. The lowest BCUT2D eigenvalue weighted by atomic mass is 9.65. The molecule has 0 heteroatoms. The maximum absolute atomic E-state index is 2.46. The van der Waals surface area contributed by atoms with E-state index in [4.69, 9.17) is 0 Å². The average molecular weight is 222 g/mol. The van der Waals surface area contributed by atoms with Crippen LogP contribution >= 0.6 is 0 Å². The van der Waals surface area contributed by atoms with Crippen LogP contribution in [0.25, 0.3) is 0 Å². The first-order valence-corrected chi connectivity index (χ1v) is 7.37. The summed E-state index contributed by atoms with van der Waals surface area (Å²) in [7, 11) is 0. The minimum atomic E-state index is 0.717. The Morgan fingerprint density at radius 3 is 1.44 bits per heavy atom. The molecule has 0 aliphatic heterocycles. The Morgan fingerprint density at radius 2 is 1.19 bits per heavy atom. The highest BCUT2D eigenvalue weighted by atomic mass is 14.6. The van der Waals surface area contributed by atoms with Gasteiger partial charge in [-0.3, -0.25) is 0 Å². The molecule has 2 unspecified atom stereocenters. The van der Waals surface area contributed by atoms with Crippen LogP contribution in [0.2, 0.25) is 0 Å². The molecule has 2 aliphatic rings. The van der Waals surface area contributed by atoms with Crippen LogP contribution < -0.4 is 0 Å². The maximum Gasteiger partial charge on any atom is -0.0266 e. The predicted molar refractivity (Wildman–Crippen MR) is 71.3 cm³/mol. The molecule has 2 atom stereocenters. The van der Waals surface area contributed by atoms with Crippen molar-refractivity contribution < 1.29 is 0 Å². The normalized spacial score (nSPS) is 42.9. The summed E-state index contributed by atoms with van der Waals surface area (Å²) in [4.78, 5) is 0. The first-order chi connectivity index (χ1) is 7.37. The van der Waals surface area contributed by atoms with Gasteiger partial charge in [0.1, 0.15) is 0 Å². The fourth-order valence-corrected chi connectivity index (χ4v) is 4.75. The molecule has 0 aromatic carbocycles. The molecule has 16 heavy (non-hydrogen) atoms. The van der Waals surface area contributed by atoms with Crippen molar-refractivity contribution in [1.29, 1.82) is 0 Å². The zero-order valence-electron chi connectivity index (χ0n) is 12.1. The number of fused-ring (bicyclic) bond motifs is 2. The number of rotatable bonds is 3. The summed E-state index contributed by atoms with van der Waals surface area (Å²) in [5, 5.41) is 0. The van der Waals surface area contributed by atoms with E-state index in [1.807, 2.05) is 0 Å². The molecule has 2 saturated carbocycles. The van der Waals surface area contributed by atoms with Crippen molar-refractivity contribution in [1.82, 2.24) is 0 Å². The van der Waals surface area contributed by atoms with Crippen molar-refractivity contribution in [3.63, 3.8) is 0 Å². The lowest BCUT2D eigenvalue weighted by molar-refractivity contribution is 0.0924. The van der Waals surface area contributed by atoms with Crippen LogP contribution in [0.4, 0.5) is 0 Å². The second-order valence-corrected chi connectivity index (χ2v) is 7.61.